The van der Waals surface area contributed by atoms with Crippen LogP contribution in [0.3, 0.4) is 0 Å². The molecule has 2 atom stereocenters. The van der Waals surface area contributed by atoms with E-state index < -0.39 is 5.54 Å². The van der Waals surface area contributed by atoms with Crippen molar-refractivity contribution in [2.45, 2.75) is 45.2 Å². The van der Waals surface area contributed by atoms with E-state index in [0.29, 0.717) is 13.0 Å². The highest BCUT2D eigenvalue weighted by Gasteiger charge is 2.35. The zero-order valence-electron chi connectivity index (χ0n) is 12.6. The van der Waals surface area contributed by atoms with E-state index >= 15 is 0 Å². The van der Waals surface area contributed by atoms with Gasteiger partial charge in [-0.2, -0.15) is 5.26 Å². The number of nitrogens with zero attached hydrogens (tertiary/aromatic N) is 2. The molecule has 0 saturated carbocycles. The van der Waals surface area contributed by atoms with Crippen LogP contribution < -0.4 is 5.32 Å². The van der Waals surface area contributed by atoms with Crippen molar-refractivity contribution in [3.05, 3.63) is 0 Å². The summed E-state index contributed by atoms with van der Waals surface area (Å²) in [5.74, 6) is -0.535. The summed E-state index contributed by atoms with van der Waals surface area (Å²) in [4.78, 5) is 25.5. The Morgan fingerprint density at radius 2 is 2.20 bits per heavy atom. The summed E-state index contributed by atoms with van der Waals surface area (Å²) in [6.07, 6.45) is 1.58. The first kappa shape index (κ1) is 16.4. The van der Waals surface area contributed by atoms with Gasteiger partial charge in [-0.1, -0.05) is 13.8 Å². The molecule has 1 aliphatic rings. The highest BCUT2D eigenvalue weighted by molar-refractivity contribution is 5.81. The molecule has 0 radical (unpaired) electrons. The second-order valence-electron chi connectivity index (χ2n) is 5.67. The summed E-state index contributed by atoms with van der Waals surface area (Å²) in [6, 6.07) is 1.79. The predicted molar refractivity (Wildman–Crippen MR) is 73.6 cm³/mol. The van der Waals surface area contributed by atoms with Crippen molar-refractivity contribution in [1.82, 2.24) is 10.2 Å². The summed E-state index contributed by atoms with van der Waals surface area (Å²) in [6.45, 7) is 6.28. The number of hydrogen-bond acceptors (Lipinski definition) is 5. The van der Waals surface area contributed by atoms with E-state index in [1.165, 1.54) is 7.11 Å². The van der Waals surface area contributed by atoms with E-state index in [2.05, 4.69) is 11.4 Å². The van der Waals surface area contributed by atoms with Crippen molar-refractivity contribution in [3.63, 3.8) is 0 Å². The number of likely N-dealkylation sites (tertiary alicyclic amines) is 1. The summed E-state index contributed by atoms with van der Waals surface area (Å²) >= 11 is 0. The number of carbonyl (C=O) groups is 2. The molecule has 2 unspecified atom stereocenters. The average Bonchev–Trinajstić information content (AvgIpc) is 2.85. The van der Waals surface area contributed by atoms with Crippen LogP contribution in [0.15, 0.2) is 0 Å². The third-order valence-corrected chi connectivity index (χ3v) is 3.97. The highest BCUT2D eigenvalue weighted by Crippen LogP contribution is 2.19. The monoisotopic (exact) mass is 281 g/mol. The Balaban J connectivity index is 2.63. The van der Waals surface area contributed by atoms with Crippen LogP contribution in [0.5, 0.6) is 0 Å². The Bertz CT molecular complexity index is 416. The third kappa shape index (κ3) is 3.70. The van der Waals surface area contributed by atoms with Gasteiger partial charge in [-0.25, -0.2) is 0 Å². The minimum Gasteiger partial charge on any atom is -0.468 e. The molecular weight excluding hydrogens is 258 g/mol. The van der Waals surface area contributed by atoms with E-state index in [1.54, 1.807) is 11.8 Å². The van der Waals surface area contributed by atoms with Gasteiger partial charge in [0.1, 0.15) is 11.6 Å². The van der Waals surface area contributed by atoms with Crippen LogP contribution in [-0.2, 0) is 14.3 Å². The van der Waals surface area contributed by atoms with Gasteiger partial charge in [0.2, 0.25) is 5.91 Å². The fraction of sp³-hybridized carbons (Fsp3) is 0.786. The maximum absolute atomic E-state index is 12.1. The van der Waals surface area contributed by atoms with Gasteiger partial charge < -0.3 is 10.1 Å². The molecule has 1 aliphatic heterocycles. The van der Waals surface area contributed by atoms with Crippen LogP contribution in [-0.4, -0.2) is 48.6 Å². The summed E-state index contributed by atoms with van der Waals surface area (Å²) in [7, 11) is 1.35. The van der Waals surface area contributed by atoms with E-state index in [4.69, 9.17) is 4.74 Å². The molecule has 6 nitrogen and oxygen atoms in total. The molecule has 0 spiro atoms. The third-order valence-electron chi connectivity index (χ3n) is 3.97. The standard InChI is InChI=1S/C14H23N3O3/c1-10(2)14(3,9-15)16-12(18)8-17-7-5-6-11(17)13(19)20-4/h10-11H,5-8H2,1-4H3,(H,16,18). The topological polar surface area (TPSA) is 82.4 Å². The zero-order chi connectivity index (χ0) is 15.3. The van der Waals surface area contributed by atoms with Crippen LogP contribution >= 0.6 is 0 Å². The van der Waals surface area contributed by atoms with Crippen molar-refractivity contribution < 1.29 is 14.3 Å². The average molecular weight is 281 g/mol. The summed E-state index contributed by atoms with van der Waals surface area (Å²) in [5, 5.41) is 11.9. The lowest BCUT2D eigenvalue weighted by Crippen LogP contribution is -2.52. The number of nitrogens with one attached hydrogen (secondary N) is 1. The number of methoxy groups -OCH3 is 1. The molecule has 0 aliphatic carbocycles. The Morgan fingerprint density at radius 1 is 1.55 bits per heavy atom. The lowest BCUT2D eigenvalue weighted by molar-refractivity contribution is -0.146. The lowest BCUT2D eigenvalue weighted by Gasteiger charge is -2.29. The van der Waals surface area contributed by atoms with Crippen LogP contribution in [0.25, 0.3) is 0 Å². The fourth-order valence-corrected chi connectivity index (χ4v) is 2.23. The number of nitriles is 1. The molecule has 0 bridgehead atoms. The molecule has 6 heteroatoms. The molecule has 0 aromatic rings. The van der Waals surface area contributed by atoms with E-state index in [-0.39, 0.29) is 30.4 Å². The second kappa shape index (κ2) is 6.71. The number of rotatable bonds is 5. The van der Waals surface area contributed by atoms with Crippen molar-refractivity contribution in [3.8, 4) is 6.07 Å². The first-order valence-electron chi connectivity index (χ1n) is 6.88. The maximum atomic E-state index is 12.1. The Labute approximate surface area is 120 Å². The minimum absolute atomic E-state index is 0.00596. The molecule has 1 fully saturated rings. The zero-order valence-corrected chi connectivity index (χ0v) is 12.6. The maximum Gasteiger partial charge on any atom is 0.323 e. The molecule has 20 heavy (non-hydrogen) atoms. The quantitative estimate of drug-likeness (QED) is 0.749. The number of carbonyl (C=O) groups excluding carboxylic acids is 2. The second-order valence-corrected chi connectivity index (χ2v) is 5.67. The molecule has 1 heterocycles. The molecule has 1 amide bonds. The fourth-order valence-electron chi connectivity index (χ4n) is 2.23. The first-order chi connectivity index (χ1) is 9.34. The van der Waals surface area contributed by atoms with Gasteiger partial charge >= 0.3 is 5.97 Å². The van der Waals surface area contributed by atoms with Crippen molar-refractivity contribution in [1.29, 1.82) is 5.26 Å². The van der Waals surface area contributed by atoms with Gasteiger partial charge in [0, 0.05) is 0 Å². The van der Waals surface area contributed by atoms with Gasteiger partial charge in [0.25, 0.3) is 0 Å². The molecular formula is C14H23N3O3. The molecule has 1 rings (SSSR count). The smallest absolute Gasteiger partial charge is 0.323 e. The summed E-state index contributed by atoms with van der Waals surface area (Å²) in [5.41, 5.74) is -0.891. The van der Waals surface area contributed by atoms with Gasteiger partial charge in [0.15, 0.2) is 0 Å². The van der Waals surface area contributed by atoms with Gasteiger partial charge in [-0.15, -0.1) is 0 Å². The minimum atomic E-state index is -0.891. The van der Waals surface area contributed by atoms with Crippen LogP contribution in [0, 0.1) is 17.2 Å². The van der Waals surface area contributed by atoms with E-state index in [1.807, 2.05) is 13.8 Å². The lowest BCUT2D eigenvalue weighted by atomic mass is 9.90. The number of amides is 1. The molecule has 1 saturated heterocycles. The number of hydrogen-bond donors (Lipinski definition) is 1. The first-order valence-corrected chi connectivity index (χ1v) is 6.88. The predicted octanol–water partition coefficient (Wildman–Crippen LogP) is 0.678. The molecule has 112 valence electrons. The number of ether oxygens (including phenoxy) is 1. The summed E-state index contributed by atoms with van der Waals surface area (Å²) < 4.78 is 4.74. The van der Waals surface area contributed by atoms with E-state index in [0.717, 1.165) is 6.42 Å². The Hall–Kier alpha value is -1.61. The van der Waals surface area contributed by atoms with Gasteiger partial charge in [-0.05, 0) is 32.2 Å². The highest BCUT2D eigenvalue weighted by atomic mass is 16.5. The van der Waals surface area contributed by atoms with Crippen molar-refractivity contribution >= 4 is 11.9 Å². The molecule has 0 aromatic carbocycles. The van der Waals surface area contributed by atoms with Crippen LogP contribution in [0.1, 0.15) is 33.6 Å². The van der Waals surface area contributed by atoms with E-state index in [9.17, 15) is 14.9 Å². The SMILES string of the molecule is COC(=O)C1CCCN1CC(=O)NC(C)(C#N)C(C)C. The van der Waals surface area contributed by atoms with Crippen LogP contribution in [0.4, 0.5) is 0 Å². The normalized spacial score (nSPS) is 22.1. The number of esters is 1. The Morgan fingerprint density at radius 3 is 2.70 bits per heavy atom. The molecule has 1 N–H and O–H groups in total. The van der Waals surface area contributed by atoms with Crippen molar-refractivity contribution in [2.75, 3.05) is 20.2 Å². The Kier molecular flexibility index (Phi) is 5.52. The van der Waals surface area contributed by atoms with Gasteiger partial charge in [0.05, 0.1) is 19.7 Å². The van der Waals surface area contributed by atoms with Crippen LogP contribution in [0.2, 0.25) is 0 Å². The largest absolute Gasteiger partial charge is 0.468 e. The van der Waals surface area contributed by atoms with Crippen molar-refractivity contribution in [2.24, 2.45) is 5.92 Å². The van der Waals surface area contributed by atoms with Gasteiger partial charge in [-0.3, -0.25) is 14.5 Å². The molecule has 0 aromatic heterocycles.